The molecule has 1 heterocycles. The van der Waals surface area contributed by atoms with E-state index in [0.29, 0.717) is 10.6 Å². The summed E-state index contributed by atoms with van der Waals surface area (Å²) in [5.41, 5.74) is 11.8. The molecule has 1 unspecified atom stereocenters. The minimum Gasteiger partial charge on any atom is -0.439 e. The topological polar surface area (TPSA) is 147 Å². The van der Waals surface area contributed by atoms with Crippen LogP contribution in [0, 0.1) is 6.92 Å². The summed E-state index contributed by atoms with van der Waals surface area (Å²) in [6.07, 6.45) is -4.10. The number of primary amides is 2. The normalized spacial score (nSPS) is 11.4. The lowest BCUT2D eigenvalue weighted by molar-refractivity contribution is 0.103. The molecule has 1 rings (SSSR count). The maximum Gasteiger partial charge on any atom is 0.416 e. The van der Waals surface area contributed by atoms with E-state index in [1.165, 1.54) is 11.3 Å². The highest BCUT2D eigenvalue weighted by atomic mass is 32.1. The minimum atomic E-state index is -1.24. The lowest BCUT2D eigenvalue weighted by Gasteiger charge is -2.15. The van der Waals surface area contributed by atoms with Gasteiger partial charge in [-0.3, -0.25) is 0 Å². The first-order chi connectivity index (χ1) is 8.90. The van der Waals surface area contributed by atoms with Crippen molar-refractivity contribution in [2.75, 3.05) is 6.54 Å². The summed E-state index contributed by atoms with van der Waals surface area (Å²) < 4.78 is 8.91. The number of nitrogens with zero attached hydrogens (tertiary/aromatic N) is 1. The number of rotatable bonds is 4. The zero-order valence-electron chi connectivity index (χ0n) is 9.91. The number of aryl methyl sites for hydroxylation is 1. The highest BCUT2D eigenvalue weighted by molar-refractivity contribution is 7.09. The summed E-state index contributed by atoms with van der Waals surface area (Å²) in [6.45, 7) is 1.59. The molecule has 0 aliphatic carbocycles. The SMILES string of the molecule is Cc1ncsc1C(CNC(=O)OC(N)=O)OC(N)=O. The van der Waals surface area contributed by atoms with Gasteiger partial charge in [0.05, 0.1) is 22.6 Å². The predicted molar refractivity (Wildman–Crippen MR) is 64.3 cm³/mol. The number of ether oxygens (including phenoxy) is 2. The number of hydrogen-bond acceptors (Lipinski definition) is 7. The quantitative estimate of drug-likeness (QED) is 0.683. The Hall–Kier alpha value is -2.36. The molecule has 1 atom stereocenters. The molecule has 1 aromatic heterocycles. The number of thiazole rings is 1. The molecule has 0 saturated carbocycles. The Kier molecular flexibility index (Phi) is 5.06. The molecule has 10 heteroatoms. The second-order valence-electron chi connectivity index (χ2n) is 3.32. The van der Waals surface area contributed by atoms with Crippen LogP contribution in [0.25, 0.3) is 0 Å². The number of aromatic nitrogens is 1. The Labute approximate surface area is 111 Å². The Morgan fingerprint density at radius 2 is 2.11 bits per heavy atom. The van der Waals surface area contributed by atoms with Gasteiger partial charge in [-0.25, -0.2) is 19.4 Å². The maximum absolute atomic E-state index is 11.1. The van der Waals surface area contributed by atoms with Crippen LogP contribution in [-0.2, 0) is 9.47 Å². The van der Waals surface area contributed by atoms with E-state index in [-0.39, 0.29) is 6.54 Å². The second-order valence-corrected chi connectivity index (χ2v) is 4.20. The molecule has 3 amide bonds. The Morgan fingerprint density at radius 3 is 2.58 bits per heavy atom. The third-order valence-electron chi connectivity index (χ3n) is 1.96. The van der Waals surface area contributed by atoms with Gasteiger partial charge in [0.15, 0.2) is 6.10 Å². The van der Waals surface area contributed by atoms with Crippen LogP contribution in [0.3, 0.4) is 0 Å². The lowest BCUT2D eigenvalue weighted by Crippen LogP contribution is -2.34. The maximum atomic E-state index is 11.1. The van der Waals surface area contributed by atoms with E-state index in [0.717, 1.165) is 0 Å². The van der Waals surface area contributed by atoms with Crippen LogP contribution in [0.2, 0.25) is 0 Å². The van der Waals surface area contributed by atoms with Crippen molar-refractivity contribution in [3.8, 4) is 0 Å². The van der Waals surface area contributed by atoms with E-state index in [4.69, 9.17) is 10.5 Å². The Balaban J connectivity index is 2.66. The first-order valence-corrected chi connectivity index (χ1v) is 5.89. The summed E-state index contributed by atoms with van der Waals surface area (Å²) in [5.74, 6) is 0. The van der Waals surface area contributed by atoms with Crippen molar-refractivity contribution >= 4 is 29.6 Å². The van der Waals surface area contributed by atoms with E-state index in [2.05, 4.69) is 20.8 Å². The number of carbonyl (C=O) groups is 3. The standard InChI is InChI=1S/C9H12N4O5S/c1-4-6(19-3-13-4)5(17-7(10)14)2-12-9(16)18-8(11)15/h3,5H,2H2,1H3,(H2,10,14)(H2,11,15)(H,12,16). The predicted octanol–water partition coefficient (Wildman–Crippen LogP) is 0.393. The average Bonchev–Trinajstić information content (AvgIpc) is 2.69. The van der Waals surface area contributed by atoms with Crippen molar-refractivity contribution in [3.63, 3.8) is 0 Å². The zero-order valence-corrected chi connectivity index (χ0v) is 10.7. The molecule has 9 nitrogen and oxygen atoms in total. The molecule has 19 heavy (non-hydrogen) atoms. The monoisotopic (exact) mass is 288 g/mol. The molecule has 0 saturated heterocycles. The van der Waals surface area contributed by atoms with Crippen LogP contribution in [0.4, 0.5) is 14.4 Å². The first kappa shape index (κ1) is 14.7. The molecule has 104 valence electrons. The molecule has 5 N–H and O–H groups in total. The van der Waals surface area contributed by atoms with Crippen molar-refractivity contribution in [2.45, 2.75) is 13.0 Å². The molecule has 0 aliphatic heterocycles. The lowest BCUT2D eigenvalue weighted by atomic mass is 10.2. The first-order valence-electron chi connectivity index (χ1n) is 5.01. The fourth-order valence-corrected chi connectivity index (χ4v) is 2.08. The van der Waals surface area contributed by atoms with E-state index in [1.807, 2.05) is 0 Å². The van der Waals surface area contributed by atoms with E-state index in [1.54, 1.807) is 12.4 Å². The summed E-state index contributed by atoms with van der Waals surface area (Å²) in [5, 5.41) is 2.22. The second kappa shape index (κ2) is 6.54. The van der Waals surface area contributed by atoms with Gasteiger partial charge in [0, 0.05) is 0 Å². The van der Waals surface area contributed by atoms with Crippen molar-refractivity contribution in [2.24, 2.45) is 11.5 Å². The zero-order chi connectivity index (χ0) is 14.4. The van der Waals surface area contributed by atoms with Gasteiger partial charge in [0.1, 0.15) is 0 Å². The number of hydrogen-bond donors (Lipinski definition) is 3. The van der Waals surface area contributed by atoms with E-state index >= 15 is 0 Å². The van der Waals surface area contributed by atoms with Crippen molar-refractivity contribution in [1.82, 2.24) is 10.3 Å². The van der Waals surface area contributed by atoms with Crippen LogP contribution in [-0.4, -0.2) is 29.8 Å². The van der Waals surface area contributed by atoms with Crippen LogP contribution in [0.1, 0.15) is 16.7 Å². The summed E-state index contributed by atoms with van der Waals surface area (Å²) in [4.78, 5) is 36.8. The van der Waals surface area contributed by atoms with Crippen LogP contribution >= 0.6 is 11.3 Å². The van der Waals surface area contributed by atoms with Gasteiger partial charge in [0.2, 0.25) is 0 Å². The van der Waals surface area contributed by atoms with E-state index in [9.17, 15) is 14.4 Å². The van der Waals surface area contributed by atoms with Gasteiger partial charge in [0.25, 0.3) is 0 Å². The van der Waals surface area contributed by atoms with Crippen LogP contribution in [0.5, 0.6) is 0 Å². The molecular formula is C9H12N4O5S. The smallest absolute Gasteiger partial charge is 0.416 e. The highest BCUT2D eigenvalue weighted by Crippen LogP contribution is 2.24. The Bertz CT molecular complexity index is 489. The van der Waals surface area contributed by atoms with Crippen molar-refractivity contribution in [3.05, 3.63) is 16.1 Å². The molecular weight excluding hydrogens is 276 g/mol. The van der Waals surface area contributed by atoms with Crippen LogP contribution < -0.4 is 16.8 Å². The van der Waals surface area contributed by atoms with Crippen LogP contribution in [0.15, 0.2) is 5.51 Å². The van der Waals surface area contributed by atoms with E-state index < -0.39 is 24.4 Å². The van der Waals surface area contributed by atoms with Gasteiger partial charge in [-0.1, -0.05) is 0 Å². The number of nitrogens with two attached hydrogens (primary N) is 2. The van der Waals surface area contributed by atoms with Gasteiger partial charge in [-0.05, 0) is 6.92 Å². The summed E-state index contributed by atoms with van der Waals surface area (Å²) >= 11 is 1.24. The fraction of sp³-hybridized carbons (Fsp3) is 0.333. The van der Waals surface area contributed by atoms with Gasteiger partial charge >= 0.3 is 18.3 Å². The molecule has 0 radical (unpaired) electrons. The third-order valence-corrected chi connectivity index (χ3v) is 2.98. The number of alkyl carbamates (subject to hydrolysis) is 1. The minimum absolute atomic E-state index is 0.127. The fourth-order valence-electron chi connectivity index (χ4n) is 1.25. The largest absolute Gasteiger partial charge is 0.439 e. The van der Waals surface area contributed by atoms with Gasteiger partial charge < -0.3 is 26.3 Å². The number of amides is 3. The molecule has 1 aromatic rings. The number of nitrogens with one attached hydrogen (secondary N) is 1. The number of carbonyl (C=O) groups excluding carboxylic acids is 3. The van der Waals surface area contributed by atoms with Crippen molar-refractivity contribution < 1.29 is 23.9 Å². The Morgan fingerprint density at radius 1 is 1.42 bits per heavy atom. The average molecular weight is 288 g/mol. The highest BCUT2D eigenvalue weighted by Gasteiger charge is 2.21. The molecule has 0 spiro atoms. The van der Waals surface area contributed by atoms with Crippen molar-refractivity contribution in [1.29, 1.82) is 0 Å². The summed E-state index contributed by atoms with van der Waals surface area (Å²) in [6, 6.07) is 0. The van der Waals surface area contributed by atoms with Gasteiger partial charge in [-0.15, -0.1) is 11.3 Å². The molecule has 0 bridgehead atoms. The third kappa shape index (κ3) is 4.79. The molecule has 0 fully saturated rings. The summed E-state index contributed by atoms with van der Waals surface area (Å²) in [7, 11) is 0. The molecule has 0 aliphatic rings. The van der Waals surface area contributed by atoms with Gasteiger partial charge in [-0.2, -0.15) is 0 Å². The molecule has 0 aromatic carbocycles.